The second kappa shape index (κ2) is 8.45. The normalized spacial score (nSPS) is 10.1. The molecule has 98 valence electrons. The maximum absolute atomic E-state index is 11.4. The lowest BCUT2D eigenvalue weighted by Gasteiger charge is -2.04. The third-order valence-corrected chi connectivity index (χ3v) is 2.65. The largest absolute Gasteiger partial charge is 0.461 e. The number of esters is 1. The average molecular weight is 248 g/mol. The Hall–Kier alpha value is -1.64. The molecule has 0 unspecified atom stereocenters. The second-order valence-corrected chi connectivity index (χ2v) is 4.41. The molecule has 0 aliphatic rings. The molecule has 0 radical (unpaired) electrons. The first-order valence-electron chi connectivity index (χ1n) is 6.37. The Morgan fingerprint density at radius 1 is 1.00 bits per heavy atom. The standard InChI is InChI=1S/C15H20O3/c1-13(16)8-4-2-7-11-15(17)18-12-14-9-5-3-6-10-14/h3,5-6,9-10H,2,4,7-8,11-12H2,1H3. The summed E-state index contributed by atoms with van der Waals surface area (Å²) in [5.41, 5.74) is 1.00. The van der Waals surface area contributed by atoms with E-state index in [0.29, 0.717) is 19.4 Å². The third kappa shape index (κ3) is 6.84. The number of rotatable bonds is 8. The fraction of sp³-hybridized carbons (Fsp3) is 0.467. The van der Waals surface area contributed by atoms with Crippen LogP contribution in [0.1, 0.15) is 44.6 Å². The maximum atomic E-state index is 11.4. The van der Waals surface area contributed by atoms with Crippen LogP contribution in [0.15, 0.2) is 30.3 Å². The van der Waals surface area contributed by atoms with Gasteiger partial charge in [0.25, 0.3) is 0 Å². The van der Waals surface area contributed by atoms with Crippen molar-refractivity contribution < 1.29 is 14.3 Å². The number of Topliss-reactive ketones (excluding diaryl/α,β-unsaturated/α-hetero) is 1. The van der Waals surface area contributed by atoms with Crippen molar-refractivity contribution in [1.29, 1.82) is 0 Å². The van der Waals surface area contributed by atoms with Crippen LogP contribution < -0.4 is 0 Å². The van der Waals surface area contributed by atoms with E-state index in [2.05, 4.69) is 0 Å². The van der Waals surface area contributed by atoms with Gasteiger partial charge in [0.1, 0.15) is 12.4 Å². The minimum Gasteiger partial charge on any atom is -0.461 e. The summed E-state index contributed by atoms with van der Waals surface area (Å²) >= 11 is 0. The van der Waals surface area contributed by atoms with Crippen LogP contribution in [-0.2, 0) is 20.9 Å². The van der Waals surface area contributed by atoms with Crippen molar-refractivity contribution in [3.63, 3.8) is 0 Å². The highest BCUT2D eigenvalue weighted by Crippen LogP contribution is 2.06. The summed E-state index contributed by atoms with van der Waals surface area (Å²) in [4.78, 5) is 22.1. The highest BCUT2D eigenvalue weighted by molar-refractivity contribution is 5.75. The zero-order chi connectivity index (χ0) is 13.2. The van der Waals surface area contributed by atoms with E-state index in [0.717, 1.165) is 24.8 Å². The van der Waals surface area contributed by atoms with Gasteiger partial charge in [0.2, 0.25) is 0 Å². The molecule has 0 fully saturated rings. The van der Waals surface area contributed by atoms with Crippen LogP contribution in [0.25, 0.3) is 0 Å². The predicted molar refractivity (Wildman–Crippen MR) is 70.0 cm³/mol. The van der Waals surface area contributed by atoms with Crippen molar-refractivity contribution in [3.8, 4) is 0 Å². The van der Waals surface area contributed by atoms with Gasteiger partial charge < -0.3 is 9.53 Å². The molecule has 0 heterocycles. The first kappa shape index (κ1) is 14.4. The van der Waals surface area contributed by atoms with Gasteiger partial charge in [-0.2, -0.15) is 0 Å². The number of carbonyl (C=O) groups excluding carboxylic acids is 2. The topological polar surface area (TPSA) is 43.4 Å². The molecule has 0 bridgehead atoms. The molecule has 0 aliphatic heterocycles. The molecule has 3 nitrogen and oxygen atoms in total. The lowest BCUT2D eigenvalue weighted by molar-refractivity contribution is -0.145. The van der Waals surface area contributed by atoms with Crippen molar-refractivity contribution in [3.05, 3.63) is 35.9 Å². The van der Waals surface area contributed by atoms with Crippen LogP contribution in [0.5, 0.6) is 0 Å². The number of ketones is 1. The molecule has 0 aromatic heterocycles. The molecule has 1 rings (SSSR count). The summed E-state index contributed by atoms with van der Waals surface area (Å²) in [6, 6.07) is 9.64. The monoisotopic (exact) mass is 248 g/mol. The van der Waals surface area contributed by atoms with E-state index in [-0.39, 0.29) is 11.8 Å². The zero-order valence-corrected chi connectivity index (χ0v) is 10.9. The summed E-state index contributed by atoms with van der Waals surface area (Å²) in [6.45, 7) is 1.93. The molecule has 0 N–H and O–H groups in total. The van der Waals surface area contributed by atoms with Crippen LogP contribution in [-0.4, -0.2) is 11.8 Å². The number of hydrogen-bond acceptors (Lipinski definition) is 3. The minimum atomic E-state index is -0.165. The smallest absolute Gasteiger partial charge is 0.306 e. The van der Waals surface area contributed by atoms with E-state index in [1.165, 1.54) is 0 Å². The van der Waals surface area contributed by atoms with E-state index < -0.39 is 0 Å². The first-order chi connectivity index (χ1) is 8.68. The van der Waals surface area contributed by atoms with E-state index in [9.17, 15) is 9.59 Å². The molecule has 0 spiro atoms. The Balaban J connectivity index is 2.06. The van der Waals surface area contributed by atoms with Crippen molar-refractivity contribution in [2.45, 2.75) is 45.6 Å². The molecule has 18 heavy (non-hydrogen) atoms. The fourth-order valence-electron chi connectivity index (χ4n) is 1.63. The van der Waals surface area contributed by atoms with Gasteiger partial charge in [-0.05, 0) is 25.3 Å². The summed E-state index contributed by atoms with van der Waals surface area (Å²) in [5, 5.41) is 0. The molecule has 0 aliphatic carbocycles. The number of ether oxygens (including phenoxy) is 1. The van der Waals surface area contributed by atoms with Crippen molar-refractivity contribution >= 4 is 11.8 Å². The Labute approximate surface area is 108 Å². The molecular weight excluding hydrogens is 228 g/mol. The van der Waals surface area contributed by atoms with E-state index in [4.69, 9.17) is 4.74 Å². The molecule has 1 aromatic carbocycles. The lowest BCUT2D eigenvalue weighted by Crippen LogP contribution is -2.04. The summed E-state index contributed by atoms with van der Waals surface area (Å²) < 4.78 is 5.15. The number of unbranched alkanes of at least 4 members (excludes halogenated alkanes) is 2. The summed E-state index contributed by atoms with van der Waals surface area (Å²) in [5.74, 6) is 0.0448. The fourth-order valence-corrected chi connectivity index (χ4v) is 1.63. The molecule has 0 saturated heterocycles. The van der Waals surface area contributed by atoms with Crippen LogP contribution >= 0.6 is 0 Å². The lowest BCUT2D eigenvalue weighted by atomic mass is 10.1. The second-order valence-electron chi connectivity index (χ2n) is 4.41. The molecule has 0 saturated carbocycles. The van der Waals surface area contributed by atoms with Gasteiger partial charge in [0, 0.05) is 12.8 Å². The number of hydrogen-bond donors (Lipinski definition) is 0. The van der Waals surface area contributed by atoms with E-state index in [1.54, 1.807) is 6.92 Å². The number of carbonyl (C=O) groups is 2. The van der Waals surface area contributed by atoms with Gasteiger partial charge in [0.05, 0.1) is 0 Å². The highest BCUT2D eigenvalue weighted by Gasteiger charge is 2.03. The van der Waals surface area contributed by atoms with Crippen LogP contribution in [0.4, 0.5) is 0 Å². The van der Waals surface area contributed by atoms with Gasteiger partial charge in [-0.15, -0.1) is 0 Å². The molecule has 1 aromatic rings. The van der Waals surface area contributed by atoms with Gasteiger partial charge in [-0.1, -0.05) is 36.8 Å². The van der Waals surface area contributed by atoms with Gasteiger partial charge >= 0.3 is 5.97 Å². The Morgan fingerprint density at radius 2 is 1.67 bits per heavy atom. The predicted octanol–water partition coefficient (Wildman–Crippen LogP) is 3.27. The Morgan fingerprint density at radius 3 is 2.33 bits per heavy atom. The number of benzene rings is 1. The Kier molecular flexibility index (Phi) is 6.77. The summed E-state index contributed by atoms with van der Waals surface area (Å²) in [7, 11) is 0. The molecule has 3 heteroatoms. The first-order valence-corrected chi connectivity index (χ1v) is 6.37. The van der Waals surface area contributed by atoms with Crippen LogP contribution in [0.2, 0.25) is 0 Å². The maximum Gasteiger partial charge on any atom is 0.306 e. The highest BCUT2D eigenvalue weighted by atomic mass is 16.5. The van der Waals surface area contributed by atoms with Crippen molar-refractivity contribution in [2.75, 3.05) is 0 Å². The minimum absolute atomic E-state index is 0.165. The van der Waals surface area contributed by atoms with Crippen molar-refractivity contribution in [2.24, 2.45) is 0 Å². The van der Waals surface area contributed by atoms with Crippen LogP contribution in [0.3, 0.4) is 0 Å². The Bertz CT molecular complexity index is 371. The summed E-state index contributed by atoms with van der Waals surface area (Å²) in [6.07, 6.45) is 3.60. The average Bonchev–Trinajstić information content (AvgIpc) is 2.37. The van der Waals surface area contributed by atoms with Gasteiger partial charge in [-0.3, -0.25) is 4.79 Å². The van der Waals surface area contributed by atoms with E-state index in [1.807, 2.05) is 30.3 Å². The van der Waals surface area contributed by atoms with Gasteiger partial charge in [0.15, 0.2) is 0 Å². The SMILES string of the molecule is CC(=O)CCCCCC(=O)OCc1ccccc1. The molecular formula is C15H20O3. The van der Waals surface area contributed by atoms with E-state index >= 15 is 0 Å². The van der Waals surface area contributed by atoms with Gasteiger partial charge in [-0.25, -0.2) is 0 Å². The third-order valence-electron chi connectivity index (χ3n) is 2.65. The quantitative estimate of drug-likeness (QED) is 0.524. The molecule has 0 atom stereocenters. The molecule has 0 amide bonds. The zero-order valence-electron chi connectivity index (χ0n) is 10.9. The van der Waals surface area contributed by atoms with Crippen LogP contribution in [0, 0.1) is 0 Å². The van der Waals surface area contributed by atoms with Crippen molar-refractivity contribution in [1.82, 2.24) is 0 Å².